The standard InChI is InChI=1S/C17H16N2O3S2/c1-19-8-2-4-12(17(19)22)16(21)18-10-11-6-7-14(24-11)15(20)13-5-3-9-23-13/h2-9,15,20H,10H2,1H3,(H,18,21). The molecule has 124 valence electrons. The lowest BCUT2D eigenvalue weighted by molar-refractivity contribution is 0.0949. The van der Waals surface area contributed by atoms with Gasteiger partial charge in [-0.05, 0) is 35.7 Å². The molecule has 0 aromatic carbocycles. The second-order valence-corrected chi connectivity index (χ2v) is 7.42. The molecule has 0 aliphatic rings. The Kier molecular flexibility index (Phi) is 4.94. The fraction of sp³-hybridized carbons (Fsp3) is 0.176. The van der Waals surface area contributed by atoms with Crippen molar-refractivity contribution >= 4 is 28.6 Å². The summed E-state index contributed by atoms with van der Waals surface area (Å²) in [7, 11) is 1.61. The topological polar surface area (TPSA) is 71.3 Å². The van der Waals surface area contributed by atoms with Crippen molar-refractivity contribution in [3.8, 4) is 0 Å². The van der Waals surface area contributed by atoms with E-state index in [2.05, 4.69) is 5.32 Å². The normalized spacial score (nSPS) is 12.1. The lowest BCUT2D eigenvalue weighted by Gasteiger charge is -2.06. The van der Waals surface area contributed by atoms with Crippen LogP contribution in [0.2, 0.25) is 0 Å². The number of aromatic nitrogens is 1. The summed E-state index contributed by atoms with van der Waals surface area (Å²) in [6, 6.07) is 10.7. The van der Waals surface area contributed by atoms with E-state index in [0.29, 0.717) is 6.54 Å². The number of carbonyl (C=O) groups excluding carboxylic acids is 1. The van der Waals surface area contributed by atoms with Crippen LogP contribution in [0.1, 0.15) is 31.1 Å². The van der Waals surface area contributed by atoms with Crippen LogP contribution >= 0.6 is 22.7 Å². The molecule has 0 saturated carbocycles. The highest BCUT2D eigenvalue weighted by atomic mass is 32.1. The Morgan fingerprint density at radius 2 is 2.08 bits per heavy atom. The Hall–Kier alpha value is -2.22. The zero-order valence-electron chi connectivity index (χ0n) is 12.9. The third-order valence-corrected chi connectivity index (χ3v) is 5.62. The van der Waals surface area contributed by atoms with Gasteiger partial charge in [-0.15, -0.1) is 22.7 Å². The van der Waals surface area contributed by atoms with Gasteiger partial charge in [-0.1, -0.05) is 6.07 Å². The number of aliphatic hydroxyl groups is 1. The molecule has 0 spiro atoms. The van der Waals surface area contributed by atoms with E-state index in [1.54, 1.807) is 19.3 Å². The maximum absolute atomic E-state index is 12.2. The molecule has 5 nitrogen and oxygen atoms in total. The number of rotatable bonds is 5. The molecule has 7 heteroatoms. The van der Waals surface area contributed by atoms with E-state index in [1.165, 1.54) is 33.3 Å². The summed E-state index contributed by atoms with van der Waals surface area (Å²) < 4.78 is 1.37. The van der Waals surface area contributed by atoms with Gasteiger partial charge in [0.15, 0.2) is 0 Å². The van der Waals surface area contributed by atoms with Gasteiger partial charge in [-0.25, -0.2) is 0 Å². The average Bonchev–Trinajstić information content (AvgIpc) is 3.26. The molecular formula is C17H16N2O3S2. The first-order valence-electron chi connectivity index (χ1n) is 7.30. The summed E-state index contributed by atoms with van der Waals surface area (Å²) in [6.45, 7) is 0.318. The summed E-state index contributed by atoms with van der Waals surface area (Å²) >= 11 is 2.95. The third-order valence-electron chi connectivity index (χ3n) is 3.56. The first-order chi connectivity index (χ1) is 11.6. The Morgan fingerprint density at radius 1 is 1.25 bits per heavy atom. The number of hydrogen-bond acceptors (Lipinski definition) is 5. The van der Waals surface area contributed by atoms with Crippen molar-refractivity contribution in [1.82, 2.24) is 9.88 Å². The van der Waals surface area contributed by atoms with Gasteiger partial charge in [0.05, 0.1) is 6.54 Å². The van der Waals surface area contributed by atoms with Crippen LogP contribution in [-0.4, -0.2) is 15.6 Å². The summed E-state index contributed by atoms with van der Waals surface area (Å²) in [5.74, 6) is -0.398. The van der Waals surface area contributed by atoms with E-state index >= 15 is 0 Å². The zero-order valence-corrected chi connectivity index (χ0v) is 14.6. The van der Waals surface area contributed by atoms with Gasteiger partial charge < -0.3 is 15.0 Å². The van der Waals surface area contributed by atoms with Crippen molar-refractivity contribution in [2.45, 2.75) is 12.6 Å². The molecule has 0 aliphatic carbocycles. The first-order valence-corrected chi connectivity index (χ1v) is 9.00. The Morgan fingerprint density at radius 3 is 2.83 bits per heavy atom. The summed E-state index contributed by atoms with van der Waals surface area (Å²) in [4.78, 5) is 26.7. The summed E-state index contributed by atoms with van der Waals surface area (Å²) in [6.07, 6.45) is 0.970. The predicted octanol–water partition coefficient (Wildman–Crippen LogP) is 2.52. The Balaban J connectivity index is 1.66. The Labute approximate surface area is 146 Å². The molecule has 3 rings (SSSR count). The zero-order chi connectivity index (χ0) is 17.1. The molecule has 0 bridgehead atoms. The van der Waals surface area contributed by atoms with E-state index < -0.39 is 12.0 Å². The van der Waals surface area contributed by atoms with Crippen molar-refractivity contribution in [1.29, 1.82) is 0 Å². The Bertz CT molecular complexity index is 897. The van der Waals surface area contributed by atoms with E-state index in [0.717, 1.165) is 14.6 Å². The molecule has 0 aliphatic heterocycles. The monoisotopic (exact) mass is 360 g/mol. The second kappa shape index (κ2) is 7.12. The molecular weight excluding hydrogens is 344 g/mol. The molecule has 2 N–H and O–H groups in total. The number of nitrogens with one attached hydrogen (secondary N) is 1. The van der Waals surface area contributed by atoms with E-state index in [1.807, 2.05) is 29.6 Å². The summed E-state index contributed by atoms with van der Waals surface area (Å²) in [5, 5.41) is 15.0. The molecule has 1 unspecified atom stereocenters. The molecule has 0 radical (unpaired) electrons. The quantitative estimate of drug-likeness (QED) is 0.734. The maximum Gasteiger partial charge on any atom is 0.263 e. The van der Waals surface area contributed by atoms with Crippen molar-refractivity contribution in [3.05, 3.63) is 78.5 Å². The molecule has 1 atom stereocenters. The molecule has 3 aromatic heterocycles. The minimum atomic E-state index is -0.638. The predicted molar refractivity (Wildman–Crippen MR) is 95.6 cm³/mol. The average molecular weight is 360 g/mol. The fourth-order valence-electron chi connectivity index (χ4n) is 2.26. The van der Waals surface area contributed by atoms with Crippen molar-refractivity contribution < 1.29 is 9.90 Å². The van der Waals surface area contributed by atoms with Gasteiger partial charge in [0, 0.05) is 27.9 Å². The number of nitrogens with zero attached hydrogens (tertiary/aromatic N) is 1. The van der Waals surface area contributed by atoms with Crippen molar-refractivity contribution in [2.75, 3.05) is 0 Å². The van der Waals surface area contributed by atoms with Gasteiger partial charge >= 0.3 is 0 Å². The van der Waals surface area contributed by atoms with Crippen LogP contribution in [0.5, 0.6) is 0 Å². The lowest BCUT2D eigenvalue weighted by atomic mass is 10.2. The van der Waals surface area contributed by atoms with Crippen LogP contribution in [0.15, 0.2) is 52.8 Å². The van der Waals surface area contributed by atoms with Gasteiger partial charge in [0.1, 0.15) is 11.7 Å². The number of aliphatic hydroxyl groups excluding tert-OH is 1. The number of aryl methyl sites for hydroxylation is 1. The van der Waals surface area contributed by atoms with Crippen LogP contribution in [0, 0.1) is 0 Å². The second-order valence-electron chi connectivity index (χ2n) is 5.24. The molecule has 24 heavy (non-hydrogen) atoms. The molecule has 3 aromatic rings. The van der Waals surface area contributed by atoms with Crippen LogP contribution in [0.4, 0.5) is 0 Å². The van der Waals surface area contributed by atoms with E-state index in [9.17, 15) is 14.7 Å². The SMILES string of the molecule is Cn1cccc(C(=O)NCc2ccc(C(O)c3cccs3)s2)c1=O. The molecule has 3 heterocycles. The lowest BCUT2D eigenvalue weighted by Crippen LogP contribution is -2.31. The van der Waals surface area contributed by atoms with Gasteiger partial charge in [-0.2, -0.15) is 0 Å². The minimum absolute atomic E-state index is 0.121. The van der Waals surface area contributed by atoms with Gasteiger partial charge in [-0.3, -0.25) is 9.59 Å². The van der Waals surface area contributed by atoms with E-state index in [4.69, 9.17) is 0 Å². The number of carbonyl (C=O) groups is 1. The third kappa shape index (κ3) is 3.48. The van der Waals surface area contributed by atoms with Crippen LogP contribution in [0.25, 0.3) is 0 Å². The summed E-state index contributed by atoms with van der Waals surface area (Å²) in [5.41, 5.74) is -0.203. The largest absolute Gasteiger partial charge is 0.382 e. The number of thiophene rings is 2. The number of amides is 1. The van der Waals surface area contributed by atoms with Crippen molar-refractivity contribution in [3.63, 3.8) is 0 Å². The maximum atomic E-state index is 12.2. The van der Waals surface area contributed by atoms with Crippen LogP contribution in [0.3, 0.4) is 0 Å². The van der Waals surface area contributed by atoms with Gasteiger partial charge in [0.2, 0.25) is 0 Å². The highest BCUT2D eigenvalue weighted by Crippen LogP contribution is 2.30. The minimum Gasteiger partial charge on any atom is -0.382 e. The first kappa shape index (κ1) is 16.6. The van der Waals surface area contributed by atoms with Crippen LogP contribution in [-0.2, 0) is 13.6 Å². The number of hydrogen-bond donors (Lipinski definition) is 2. The van der Waals surface area contributed by atoms with Crippen LogP contribution < -0.4 is 10.9 Å². The fourth-order valence-corrected chi connectivity index (χ4v) is 4.02. The number of pyridine rings is 1. The molecule has 0 fully saturated rings. The van der Waals surface area contributed by atoms with Gasteiger partial charge in [0.25, 0.3) is 11.5 Å². The highest BCUT2D eigenvalue weighted by Gasteiger charge is 2.15. The molecule has 1 amide bonds. The van der Waals surface area contributed by atoms with Crippen molar-refractivity contribution in [2.24, 2.45) is 7.05 Å². The smallest absolute Gasteiger partial charge is 0.263 e. The highest BCUT2D eigenvalue weighted by molar-refractivity contribution is 7.12. The molecule has 0 saturated heterocycles. The van der Waals surface area contributed by atoms with E-state index in [-0.39, 0.29) is 11.1 Å².